The average molecular weight is 311 g/mol. The summed E-state index contributed by atoms with van der Waals surface area (Å²) in [5, 5.41) is 3.04. The molecule has 96 valence electrons. The first-order valence-corrected chi connectivity index (χ1v) is 6.66. The molecule has 1 aliphatic heterocycles. The van der Waals surface area contributed by atoms with Gasteiger partial charge in [0.1, 0.15) is 0 Å². The number of aryl methyl sites for hydroxylation is 1. The lowest BCUT2D eigenvalue weighted by Gasteiger charge is -2.18. The number of fused-ring (bicyclic) bond motifs is 1. The summed E-state index contributed by atoms with van der Waals surface area (Å²) < 4.78 is 0.831. The first-order chi connectivity index (χ1) is 8.56. The van der Waals surface area contributed by atoms with Crippen LogP contribution in [-0.2, 0) is 4.79 Å². The van der Waals surface area contributed by atoms with Gasteiger partial charge in [0.2, 0.25) is 0 Å². The van der Waals surface area contributed by atoms with E-state index in [4.69, 9.17) is 0 Å². The van der Waals surface area contributed by atoms with E-state index in [1.54, 1.807) is 11.0 Å². The van der Waals surface area contributed by atoms with Crippen LogP contribution in [0, 0.1) is 6.92 Å². The highest BCUT2D eigenvalue weighted by molar-refractivity contribution is 9.10. The summed E-state index contributed by atoms with van der Waals surface area (Å²) in [7, 11) is 1.87. The predicted molar refractivity (Wildman–Crippen MR) is 74.1 cm³/mol. The summed E-state index contributed by atoms with van der Waals surface area (Å²) in [6, 6.07) is 3.65. The number of nitrogens with zero attached hydrogens (tertiary/aromatic N) is 1. The fraction of sp³-hybridized carbons (Fsp3) is 0.385. The Morgan fingerprint density at radius 2 is 2.06 bits per heavy atom. The summed E-state index contributed by atoms with van der Waals surface area (Å²) in [4.78, 5) is 25.5. The third kappa shape index (κ3) is 2.20. The molecule has 1 N–H and O–H groups in total. The van der Waals surface area contributed by atoms with Gasteiger partial charge in [-0.25, -0.2) is 0 Å². The first-order valence-electron chi connectivity index (χ1n) is 5.87. The van der Waals surface area contributed by atoms with E-state index in [1.807, 2.05) is 20.0 Å². The van der Waals surface area contributed by atoms with Gasteiger partial charge in [-0.1, -0.05) is 15.9 Å². The van der Waals surface area contributed by atoms with Crippen LogP contribution in [0.3, 0.4) is 0 Å². The molecule has 0 bridgehead atoms. The van der Waals surface area contributed by atoms with Crippen molar-refractivity contribution in [2.24, 2.45) is 0 Å². The second kappa shape index (κ2) is 5.20. The lowest BCUT2D eigenvalue weighted by molar-refractivity contribution is -0.114. The molecule has 1 heterocycles. The molecule has 2 rings (SSSR count). The maximum absolute atomic E-state index is 12.0. The molecule has 0 aliphatic carbocycles. The fourth-order valence-electron chi connectivity index (χ4n) is 2.23. The van der Waals surface area contributed by atoms with E-state index < -0.39 is 11.7 Å². The topological polar surface area (TPSA) is 49.4 Å². The van der Waals surface area contributed by atoms with Crippen molar-refractivity contribution in [2.45, 2.75) is 13.3 Å². The molecule has 1 aromatic rings. The van der Waals surface area contributed by atoms with Gasteiger partial charge >= 0.3 is 0 Å². The molecule has 0 radical (unpaired) electrons. The number of Topliss-reactive ketones (excluding diaryl/α,β-unsaturated/α-hetero) is 1. The first kappa shape index (κ1) is 13.2. The van der Waals surface area contributed by atoms with E-state index in [2.05, 4.69) is 21.2 Å². The molecular weight excluding hydrogens is 296 g/mol. The van der Waals surface area contributed by atoms with E-state index in [1.165, 1.54) is 0 Å². The second-order valence-electron chi connectivity index (χ2n) is 4.36. The molecule has 0 saturated heterocycles. The Morgan fingerprint density at radius 3 is 2.72 bits per heavy atom. The smallest absolute Gasteiger partial charge is 0.299 e. The van der Waals surface area contributed by atoms with Gasteiger partial charge in [0.25, 0.3) is 11.7 Å². The third-order valence-electron chi connectivity index (χ3n) is 3.03. The van der Waals surface area contributed by atoms with Gasteiger partial charge in [0, 0.05) is 11.0 Å². The maximum atomic E-state index is 12.0. The summed E-state index contributed by atoms with van der Waals surface area (Å²) in [6.07, 6.45) is 0.824. The number of carbonyl (C=O) groups is 2. The minimum absolute atomic E-state index is 0.404. The van der Waals surface area contributed by atoms with Crippen molar-refractivity contribution in [3.05, 3.63) is 27.7 Å². The zero-order valence-corrected chi connectivity index (χ0v) is 12.0. The standard InChI is InChI=1S/C13H15BrN2O2/c1-8-6-9(14)7-10-11(8)16(5-3-4-15-2)13(18)12(10)17/h6-7,15H,3-5H2,1-2H3. The molecule has 0 spiro atoms. The van der Waals surface area contributed by atoms with Crippen LogP contribution >= 0.6 is 15.9 Å². The molecule has 1 amide bonds. The molecule has 0 aromatic heterocycles. The number of nitrogens with one attached hydrogen (secondary N) is 1. The van der Waals surface area contributed by atoms with Crippen molar-refractivity contribution in [1.82, 2.24) is 5.32 Å². The normalized spacial score (nSPS) is 14.3. The molecular formula is C13H15BrN2O2. The van der Waals surface area contributed by atoms with Gasteiger partial charge in [0.15, 0.2) is 0 Å². The Kier molecular flexibility index (Phi) is 3.82. The van der Waals surface area contributed by atoms with E-state index >= 15 is 0 Å². The molecule has 5 heteroatoms. The monoisotopic (exact) mass is 310 g/mol. The van der Waals surface area contributed by atoms with Gasteiger partial charge < -0.3 is 10.2 Å². The maximum Gasteiger partial charge on any atom is 0.299 e. The quantitative estimate of drug-likeness (QED) is 0.682. The number of amides is 1. The number of hydrogen-bond acceptors (Lipinski definition) is 3. The molecule has 0 atom stereocenters. The lowest BCUT2D eigenvalue weighted by Crippen LogP contribution is -2.32. The number of ketones is 1. The van der Waals surface area contributed by atoms with E-state index in [-0.39, 0.29) is 0 Å². The highest BCUT2D eigenvalue weighted by atomic mass is 79.9. The van der Waals surface area contributed by atoms with Crippen LogP contribution in [0.1, 0.15) is 22.3 Å². The van der Waals surface area contributed by atoms with Crippen molar-refractivity contribution < 1.29 is 9.59 Å². The van der Waals surface area contributed by atoms with Crippen molar-refractivity contribution in [1.29, 1.82) is 0 Å². The summed E-state index contributed by atoms with van der Waals surface area (Å²) in [6.45, 7) is 3.31. The van der Waals surface area contributed by atoms with Crippen LogP contribution in [0.5, 0.6) is 0 Å². The number of carbonyl (C=O) groups excluding carboxylic acids is 2. The fourth-order valence-corrected chi connectivity index (χ4v) is 2.81. The van der Waals surface area contributed by atoms with Crippen molar-refractivity contribution >= 4 is 33.3 Å². The van der Waals surface area contributed by atoms with Crippen molar-refractivity contribution in [3.63, 3.8) is 0 Å². The van der Waals surface area contributed by atoms with Gasteiger partial charge in [-0.2, -0.15) is 0 Å². The molecule has 1 aliphatic rings. The van der Waals surface area contributed by atoms with Gasteiger partial charge in [0.05, 0.1) is 11.3 Å². The number of anilines is 1. The van der Waals surface area contributed by atoms with Crippen molar-refractivity contribution in [2.75, 3.05) is 25.0 Å². The zero-order chi connectivity index (χ0) is 13.3. The largest absolute Gasteiger partial charge is 0.320 e. The summed E-state index contributed by atoms with van der Waals surface area (Å²) >= 11 is 3.35. The lowest BCUT2D eigenvalue weighted by atomic mass is 10.1. The van der Waals surface area contributed by atoms with E-state index in [9.17, 15) is 9.59 Å². The van der Waals surface area contributed by atoms with E-state index in [0.29, 0.717) is 12.1 Å². The Bertz CT molecular complexity index is 514. The van der Waals surface area contributed by atoms with Crippen LogP contribution < -0.4 is 10.2 Å². The number of benzene rings is 1. The predicted octanol–water partition coefficient (Wildman–Crippen LogP) is 1.90. The minimum Gasteiger partial charge on any atom is -0.320 e. The Morgan fingerprint density at radius 1 is 1.33 bits per heavy atom. The van der Waals surface area contributed by atoms with Gasteiger partial charge in [-0.05, 0) is 44.6 Å². The van der Waals surface area contributed by atoms with E-state index in [0.717, 1.165) is 28.7 Å². The van der Waals surface area contributed by atoms with Crippen molar-refractivity contribution in [3.8, 4) is 0 Å². The Hall–Kier alpha value is -1.20. The number of hydrogen-bond donors (Lipinski definition) is 1. The highest BCUT2D eigenvalue weighted by Crippen LogP contribution is 2.34. The van der Waals surface area contributed by atoms with Crippen LogP contribution in [-0.4, -0.2) is 31.8 Å². The van der Waals surface area contributed by atoms with Crippen LogP contribution in [0.25, 0.3) is 0 Å². The number of rotatable bonds is 4. The highest BCUT2D eigenvalue weighted by Gasteiger charge is 2.36. The number of halogens is 1. The third-order valence-corrected chi connectivity index (χ3v) is 3.49. The summed E-state index contributed by atoms with van der Waals surface area (Å²) in [5.74, 6) is -0.818. The molecule has 1 aromatic carbocycles. The van der Waals surface area contributed by atoms with Crippen LogP contribution in [0.15, 0.2) is 16.6 Å². The molecule has 4 nitrogen and oxygen atoms in total. The molecule has 0 saturated carbocycles. The second-order valence-corrected chi connectivity index (χ2v) is 5.28. The Labute approximate surface area is 114 Å². The Balaban J connectivity index is 2.36. The minimum atomic E-state index is -0.415. The van der Waals surface area contributed by atoms with Crippen LogP contribution in [0.4, 0.5) is 5.69 Å². The average Bonchev–Trinajstić information content (AvgIpc) is 2.55. The molecule has 18 heavy (non-hydrogen) atoms. The molecule has 0 unspecified atom stereocenters. The van der Waals surface area contributed by atoms with Gasteiger partial charge in [-0.15, -0.1) is 0 Å². The summed E-state index contributed by atoms with van der Waals surface area (Å²) in [5.41, 5.74) is 2.23. The SMILES string of the molecule is CNCCCN1C(=O)C(=O)c2cc(Br)cc(C)c21. The van der Waals surface area contributed by atoms with Gasteiger partial charge in [-0.3, -0.25) is 9.59 Å². The van der Waals surface area contributed by atoms with Crippen LogP contribution in [0.2, 0.25) is 0 Å². The zero-order valence-electron chi connectivity index (χ0n) is 10.4. The molecule has 0 fully saturated rings.